The van der Waals surface area contributed by atoms with Crippen molar-refractivity contribution in [3.05, 3.63) is 33.9 Å². The summed E-state index contributed by atoms with van der Waals surface area (Å²) in [4.78, 5) is 10.7. The number of rotatable bonds is 8. The van der Waals surface area contributed by atoms with Crippen LogP contribution in [0.3, 0.4) is 0 Å². The van der Waals surface area contributed by atoms with E-state index in [2.05, 4.69) is 12.2 Å². The second-order valence-corrected chi connectivity index (χ2v) is 4.80. The third-order valence-electron chi connectivity index (χ3n) is 2.69. The highest BCUT2D eigenvalue weighted by Gasteiger charge is 2.15. The number of nitrogens with zero attached hydrogens (tertiary/aromatic N) is 1. The Morgan fingerprint density at radius 3 is 2.74 bits per heavy atom. The fourth-order valence-electron chi connectivity index (χ4n) is 1.59. The van der Waals surface area contributed by atoms with Gasteiger partial charge in [-0.2, -0.15) is 0 Å². The van der Waals surface area contributed by atoms with Crippen LogP contribution < -0.4 is 10.1 Å². The topological polar surface area (TPSA) is 64.4 Å². The average molecular weight is 266 g/mol. The van der Waals surface area contributed by atoms with Crippen molar-refractivity contribution in [1.29, 1.82) is 0 Å². The number of benzene rings is 1. The molecule has 0 aliphatic rings. The van der Waals surface area contributed by atoms with Crippen molar-refractivity contribution in [3.8, 4) is 5.75 Å². The summed E-state index contributed by atoms with van der Waals surface area (Å²) in [6.45, 7) is 7.26. The van der Waals surface area contributed by atoms with Crippen molar-refractivity contribution >= 4 is 5.69 Å². The zero-order valence-corrected chi connectivity index (χ0v) is 11.8. The smallest absolute Gasteiger partial charge is 0.311 e. The van der Waals surface area contributed by atoms with Crippen LogP contribution in [0.1, 0.15) is 39.2 Å². The predicted octanol–water partition coefficient (Wildman–Crippen LogP) is 3.27. The van der Waals surface area contributed by atoms with E-state index in [1.807, 2.05) is 19.9 Å². The van der Waals surface area contributed by atoms with E-state index in [1.54, 1.807) is 12.1 Å². The first-order valence-electron chi connectivity index (χ1n) is 6.68. The zero-order valence-electron chi connectivity index (χ0n) is 11.8. The first kappa shape index (κ1) is 15.4. The number of nitro benzene ring substituents is 1. The average Bonchev–Trinajstić information content (AvgIpc) is 2.37. The summed E-state index contributed by atoms with van der Waals surface area (Å²) in [5.74, 6) is 0.353. The van der Waals surface area contributed by atoms with Crippen LogP contribution in [-0.4, -0.2) is 17.6 Å². The molecule has 0 spiro atoms. The minimum absolute atomic E-state index is 0.0409. The number of nitrogens with one attached hydrogen (secondary N) is 1. The highest BCUT2D eigenvalue weighted by Crippen LogP contribution is 2.28. The van der Waals surface area contributed by atoms with E-state index in [0.717, 1.165) is 18.4 Å². The third kappa shape index (κ3) is 5.26. The molecule has 0 amide bonds. The van der Waals surface area contributed by atoms with Crippen molar-refractivity contribution in [2.24, 2.45) is 0 Å². The summed E-state index contributed by atoms with van der Waals surface area (Å²) in [6.07, 6.45) is 1.90. The molecule has 19 heavy (non-hydrogen) atoms. The highest BCUT2D eigenvalue weighted by molar-refractivity contribution is 5.48. The molecule has 0 unspecified atom stereocenters. The Balaban J connectivity index is 2.79. The number of nitro groups is 1. The molecule has 1 rings (SSSR count). The van der Waals surface area contributed by atoms with Gasteiger partial charge in [0, 0.05) is 18.7 Å². The van der Waals surface area contributed by atoms with E-state index in [-0.39, 0.29) is 10.6 Å². The Bertz CT molecular complexity index is 419. The zero-order chi connectivity index (χ0) is 14.3. The fourth-order valence-corrected chi connectivity index (χ4v) is 1.59. The molecule has 0 aliphatic heterocycles. The summed E-state index contributed by atoms with van der Waals surface area (Å²) in [5.41, 5.74) is 0.933. The van der Waals surface area contributed by atoms with E-state index in [1.165, 1.54) is 0 Å². The lowest BCUT2D eigenvalue weighted by atomic mass is 10.1. The van der Waals surface area contributed by atoms with Gasteiger partial charge in [0.1, 0.15) is 0 Å². The molecular weight excluding hydrogens is 244 g/mol. The lowest BCUT2D eigenvalue weighted by Crippen LogP contribution is -2.21. The Morgan fingerprint density at radius 2 is 2.16 bits per heavy atom. The maximum atomic E-state index is 11.0. The maximum absolute atomic E-state index is 11.0. The van der Waals surface area contributed by atoms with Crippen molar-refractivity contribution in [2.75, 3.05) is 6.61 Å². The molecule has 0 saturated carbocycles. The van der Waals surface area contributed by atoms with Gasteiger partial charge < -0.3 is 10.1 Å². The number of hydrogen-bond acceptors (Lipinski definition) is 4. The van der Waals surface area contributed by atoms with Gasteiger partial charge in [-0.25, -0.2) is 0 Å². The number of hydrogen-bond donors (Lipinski definition) is 1. The van der Waals surface area contributed by atoms with E-state index in [9.17, 15) is 10.1 Å². The van der Waals surface area contributed by atoms with E-state index >= 15 is 0 Å². The monoisotopic (exact) mass is 266 g/mol. The molecule has 106 valence electrons. The second kappa shape index (κ2) is 7.74. The van der Waals surface area contributed by atoms with Crippen molar-refractivity contribution in [2.45, 2.75) is 46.2 Å². The molecule has 1 N–H and O–H groups in total. The first-order valence-corrected chi connectivity index (χ1v) is 6.68. The molecule has 0 fully saturated rings. The molecular formula is C14H22N2O3. The molecule has 1 aromatic carbocycles. The molecule has 5 heteroatoms. The Kier molecular flexibility index (Phi) is 6.29. The lowest BCUT2D eigenvalue weighted by molar-refractivity contribution is -0.385. The molecule has 0 aromatic heterocycles. The normalized spacial score (nSPS) is 10.7. The summed E-state index contributed by atoms with van der Waals surface area (Å²) in [7, 11) is 0. The molecule has 0 heterocycles. The Labute approximate surface area is 114 Å². The molecule has 0 aliphatic carbocycles. The van der Waals surface area contributed by atoms with Crippen LogP contribution in [0.15, 0.2) is 18.2 Å². The van der Waals surface area contributed by atoms with Gasteiger partial charge in [0.25, 0.3) is 0 Å². The quantitative estimate of drug-likeness (QED) is 0.445. The van der Waals surface area contributed by atoms with Crippen LogP contribution in [-0.2, 0) is 6.54 Å². The molecule has 1 aromatic rings. The fraction of sp³-hybridized carbons (Fsp3) is 0.571. The largest absolute Gasteiger partial charge is 0.487 e. The summed E-state index contributed by atoms with van der Waals surface area (Å²) >= 11 is 0. The van der Waals surface area contributed by atoms with Gasteiger partial charge >= 0.3 is 5.69 Å². The van der Waals surface area contributed by atoms with E-state index < -0.39 is 0 Å². The molecule has 0 atom stereocenters. The highest BCUT2D eigenvalue weighted by atomic mass is 16.6. The number of ether oxygens (including phenoxy) is 1. The predicted molar refractivity (Wildman–Crippen MR) is 75.5 cm³/mol. The standard InChI is InChI=1S/C14H22N2O3/c1-4-5-8-19-14-7-6-12(10-15-11(2)3)9-13(14)16(17)18/h6-7,9,11,15H,4-5,8,10H2,1-3H3. The van der Waals surface area contributed by atoms with Gasteiger partial charge in [0.05, 0.1) is 11.5 Å². The van der Waals surface area contributed by atoms with Crippen LogP contribution in [0, 0.1) is 10.1 Å². The molecule has 0 saturated heterocycles. The van der Waals surface area contributed by atoms with Gasteiger partial charge in [-0.05, 0) is 18.1 Å². The second-order valence-electron chi connectivity index (χ2n) is 4.80. The lowest BCUT2D eigenvalue weighted by Gasteiger charge is -2.10. The van der Waals surface area contributed by atoms with Crippen molar-refractivity contribution < 1.29 is 9.66 Å². The maximum Gasteiger partial charge on any atom is 0.311 e. The van der Waals surface area contributed by atoms with Crippen LogP contribution in [0.5, 0.6) is 5.75 Å². The minimum atomic E-state index is -0.389. The van der Waals surface area contributed by atoms with Gasteiger partial charge in [-0.15, -0.1) is 0 Å². The van der Waals surface area contributed by atoms with Crippen LogP contribution >= 0.6 is 0 Å². The van der Waals surface area contributed by atoms with Crippen molar-refractivity contribution in [1.82, 2.24) is 5.32 Å². The molecule has 0 radical (unpaired) electrons. The van der Waals surface area contributed by atoms with Crippen molar-refractivity contribution in [3.63, 3.8) is 0 Å². The Hall–Kier alpha value is -1.62. The third-order valence-corrected chi connectivity index (χ3v) is 2.69. The van der Waals surface area contributed by atoms with Gasteiger partial charge in [0.2, 0.25) is 0 Å². The minimum Gasteiger partial charge on any atom is -0.487 e. The number of unbranched alkanes of at least 4 members (excludes halogenated alkanes) is 1. The summed E-state index contributed by atoms with van der Waals surface area (Å²) in [5, 5.41) is 14.3. The molecule has 0 bridgehead atoms. The van der Waals surface area contributed by atoms with E-state index in [4.69, 9.17) is 4.74 Å². The summed E-state index contributed by atoms with van der Waals surface area (Å²) in [6, 6.07) is 5.48. The summed E-state index contributed by atoms with van der Waals surface area (Å²) < 4.78 is 5.46. The van der Waals surface area contributed by atoms with Crippen LogP contribution in [0.25, 0.3) is 0 Å². The van der Waals surface area contributed by atoms with Crippen LogP contribution in [0.4, 0.5) is 5.69 Å². The SMILES string of the molecule is CCCCOc1ccc(CNC(C)C)cc1[N+](=O)[O-]. The van der Waals surface area contributed by atoms with E-state index in [0.29, 0.717) is 24.9 Å². The van der Waals surface area contributed by atoms with Crippen LogP contribution in [0.2, 0.25) is 0 Å². The Morgan fingerprint density at radius 1 is 1.42 bits per heavy atom. The van der Waals surface area contributed by atoms with Gasteiger partial charge in [-0.3, -0.25) is 10.1 Å². The first-order chi connectivity index (χ1) is 9.04. The molecule has 5 nitrogen and oxygen atoms in total. The van der Waals surface area contributed by atoms with Gasteiger partial charge in [-0.1, -0.05) is 33.3 Å². The van der Waals surface area contributed by atoms with Gasteiger partial charge in [0.15, 0.2) is 5.75 Å².